The van der Waals surface area contributed by atoms with Gasteiger partial charge in [0.15, 0.2) is 0 Å². The summed E-state index contributed by atoms with van der Waals surface area (Å²) in [5, 5.41) is 9.37. The highest BCUT2D eigenvalue weighted by Gasteiger charge is 2.41. The largest absolute Gasteiger partial charge is 0.480 e. The summed E-state index contributed by atoms with van der Waals surface area (Å²) in [7, 11) is 0. The molecule has 2 saturated heterocycles. The lowest BCUT2D eigenvalue weighted by molar-refractivity contribution is -0.146. The topological polar surface area (TPSA) is 60.9 Å². The summed E-state index contributed by atoms with van der Waals surface area (Å²) >= 11 is 0. The summed E-state index contributed by atoms with van der Waals surface area (Å²) in [5.41, 5.74) is 0. The lowest BCUT2D eigenvalue weighted by Crippen LogP contribution is -2.52. The summed E-state index contributed by atoms with van der Waals surface area (Å²) in [4.78, 5) is 27.8. The first kappa shape index (κ1) is 15.3. The van der Waals surface area contributed by atoms with Gasteiger partial charge in [-0.2, -0.15) is 0 Å². The molecular formula is C15H26N2O3. The Morgan fingerprint density at radius 1 is 1.10 bits per heavy atom. The Labute approximate surface area is 120 Å². The molecule has 1 amide bonds. The molecule has 5 heteroatoms. The third-order valence-corrected chi connectivity index (χ3v) is 4.76. The van der Waals surface area contributed by atoms with Gasteiger partial charge in [-0.1, -0.05) is 19.8 Å². The molecule has 20 heavy (non-hydrogen) atoms. The molecule has 0 aromatic rings. The van der Waals surface area contributed by atoms with E-state index >= 15 is 0 Å². The van der Waals surface area contributed by atoms with Gasteiger partial charge in [0.05, 0.1) is 6.04 Å². The van der Waals surface area contributed by atoms with Crippen molar-refractivity contribution in [3.63, 3.8) is 0 Å². The van der Waals surface area contributed by atoms with Crippen LogP contribution in [0.1, 0.15) is 46.0 Å². The van der Waals surface area contributed by atoms with E-state index in [9.17, 15) is 14.7 Å². The molecule has 2 rings (SSSR count). The van der Waals surface area contributed by atoms with Crippen molar-refractivity contribution in [3.05, 3.63) is 0 Å². The molecule has 1 N–H and O–H groups in total. The first-order valence-corrected chi connectivity index (χ1v) is 7.79. The molecule has 0 saturated carbocycles. The Bertz CT molecular complexity index is 364. The van der Waals surface area contributed by atoms with Crippen LogP contribution in [0, 0.1) is 5.92 Å². The number of nitrogens with zero attached hydrogens (tertiary/aromatic N) is 2. The van der Waals surface area contributed by atoms with Crippen molar-refractivity contribution >= 4 is 11.9 Å². The van der Waals surface area contributed by atoms with Crippen LogP contribution in [-0.2, 0) is 9.59 Å². The monoisotopic (exact) mass is 282 g/mol. The van der Waals surface area contributed by atoms with Crippen molar-refractivity contribution in [2.24, 2.45) is 5.92 Å². The fraction of sp³-hybridized carbons (Fsp3) is 0.867. The number of hydrogen-bond acceptors (Lipinski definition) is 3. The molecular weight excluding hydrogens is 256 g/mol. The van der Waals surface area contributed by atoms with Crippen molar-refractivity contribution < 1.29 is 14.7 Å². The van der Waals surface area contributed by atoms with E-state index in [0.29, 0.717) is 6.54 Å². The second kappa shape index (κ2) is 6.57. The lowest BCUT2D eigenvalue weighted by atomic mass is 10.0. The van der Waals surface area contributed by atoms with Crippen molar-refractivity contribution in [1.82, 2.24) is 9.80 Å². The second-order valence-corrected chi connectivity index (χ2v) is 6.20. The Balaban J connectivity index is 2.03. The number of carboxylic acids is 1. The van der Waals surface area contributed by atoms with Crippen LogP contribution in [0.2, 0.25) is 0 Å². The van der Waals surface area contributed by atoms with Crippen molar-refractivity contribution in [2.75, 3.05) is 19.6 Å². The lowest BCUT2D eigenvalue weighted by Gasteiger charge is -2.32. The van der Waals surface area contributed by atoms with Crippen LogP contribution in [0.5, 0.6) is 0 Å². The highest BCUT2D eigenvalue weighted by atomic mass is 16.4. The minimum absolute atomic E-state index is 0.104. The SMILES string of the molecule is CC1CCN(C(C)C(=O)N2CCCCCC2)C1C(=O)O. The van der Waals surface area contributed by atoms with Crippen LogP contribution in [-0.4, -0.2) is 58.5 Å². The molecule has 5 nitrogen and oxygen atoms in total. The summed E-state index contributed by atoms with van der Waals surface area (Å²) in [6.07, 6.45) is 5.37. The van der Waals surface area contributed by atoms with Crippen LogP contribution in [0.4, 0.5) is 0 Å². The normalized spacial score (nSPS) is 30.0. The number of carbonyl (C=O) groups is 2. The third-order valence-electron chi connectivity index (χ3n) is 4.76. The van der Waals surface area contributed by atoms with Gasteiger partial charge in [0.2, 0.25) is 5.91 Å². The van der Waals surface area contributed by atoms with E-state index < -0.39 is 12.0 Å². The average Bonchev–Trinajstić information content (AvgIpc) is 2.64. The first-order chi connectivity index (χ1) is 9.52. The highest BCUT2D eigenvalue weighted by molar-refractivity contribution is 5.83. The van der Waals surface area contributed by atoms with Crippen LogP contribution in [0.25, 0.3) is 0 Å². The quantitative estimate of drug-likeness (QED) is 0.853. The summed E-state index contributed by atoms with van der Waals surface area (Å²) in [6, 6.07) is -0.833. The number of carboxylic acid groups (broad SMARTS) is 1. The van der Waals surface area contributed by atoms with Gasteiger partial charge in [-0.25, -0.2) is 0 Å². The van der Waals surface area contributed by atoms with Crippen molar-refractivity contribution in [2.45, 2.75) is 58.0 Å². The molecule has 0 spiro atoms. The Hall–Kier alpha value is -1.10. The van der Waals surface area contributed by atoms with Crippen LogP contribution in [0.15, 0.2) is 0 Å². The maximum atomic E-state index is 12.6. The molecule has 0 aromatic heterocycles. The van der Waals surface area contributed by atoms with E-state index in [1.54, 1.807) is 0 Å². The van der Waals surface area contributed by atoms with Crippen molar-refractivity contribution in [3.8, 4) is 0 Å². The predicted molar refractivity (Wildman–Crippen MR) is 76.4 cm³/mol. The number of aliphatic carboxylic acids is 1. The van der Waals surface area contributed by atoms with Crippen molar-refractivity contribution in [1.29, 1.82) is 0 Å². The average molecular weight is 282 g/mol. The minimum atomic E-state index is -0.800. The molecule has 3 unspecified atom stereocenters. The zero-order valence-corrected chi connectivity index (χ0v) is 12.5. The molecule has 0 bridgehead atoms. The van der Waals surface area contributed by atoms with Crippen LogP contribution >= 0.6 is 0 Å². The van der Waals surface area contributed by atoms with Gasteiger partial charge in [0.1, 0.15) is 6.04 Å². The van der Waals surface area contributed by atoms with Gasteiger partial charge in [-0.3, -0.25) is 14.5 Å². The Morgan fingerprint density at radius 3 is 2.25 bits per heavy atom. The number of likely N-dealkylation sites (tertiary alicyclic amines) is 2. The first-order valence-electron chi connectivity index (χ1n) is 7.79. The predicted octanol–water partition coefficient (Wildman–Crippen LogP) is 1.57. The van der Waals surface area contributed by atoms with Gasteiger partial charge < -0.3 is 10.0 Å². The molecule has 3 atom stereocenters. The minimum Gasteiger partial charge on any atom is -0.480 e. The molecule has 0 aliphatic carbocycles. The van der Waals surface area contributed by atoms with E-state index in [4.69, 9.17) is 0 Å². The molecule has 2 aliphatic rings. The zero-order valence-electron chi connectivity index (χ0n) is 12.5. The fourth-order valence-corrected chi connectivity index (χ4v) is 3.49. The van der Waals surface area contributed by atoms with E-state index in [0.717, 1.165) is 32.4 Å². The van der Waals surface area contributed by atoms with Gasteiger partial charge in [0, 0.05) is 19.6 Å². The molecule has 2 heterocycles. The number of amides is 1. The number of rotatable bonds is 3. The smallest absolute Gasteiger partial charge is 0.321 e. The number of hydrogen-bond donors (Lipinski definition) is 1. The fourth-order valence-electron chi connectivity index (χ4n) is 3.49. The van der Waals surface area contributed by atoms with E-state index in [1.165, 1.54) is 12.8 Å². The Morgan fingerprint density at radius 2 is 1.70 bits per heavy atom. The highest BCUT2D eigenvalue weighted by Crippen LogP contribution is 2.27. The van der Waals surface area contributed by atoms with Gasteiger partial charge in [-0.05, 0) is 32.1 Å². The maximum Gasteiger partial charge on any atom is 0.321 e. The zero-order chi connectivity index (χ0) is 14.7. The molecule has 114 valence electrons. The maximum absolute atomic E-state index is 12.6. The van der Waals surface area contributed by atoms with Crippen LogP contribution in [0.3, 0.4) is 0 Å². The van der Waals surface area contributed by atoms with Gasteiger partial charge >= 0.3 is 5.97 Å². The summed E-state index contributed by atoms with van der Waals surface area (Å²) < 4.78 is 0. The molecule has 0 aromatic carbocycles. The van der Waals surface area contributed by atoms with Gasteiger partial charge in [-0.15, -0.1) is 0 Å². The van der Waals surface area contributed by atoms with E-state index in [-0.39, 0.29) is 17.9 Å². The third kappa shape index (κ3) is 3.14. The number of carbonyl (C=O) groups excluding carboxylic acids is 1. The summed E-state index contributed by atoms with van der Waals surface area (Å²) in [6.45, 7) is 6.18. The Kier molecular flexibility index (Phi) is 5.02. The van der Waals surface area contributed by atoms with E-state index in [2.05, 4.69) is 0 Å². The van der Waals surface area contributed by atoms with Crippen LogP contribution < -0.4 is 0 Å². The standard InChI is InChI=1S/C15H26N2O3/c1-11-7-10-17(13(11)15(19)20)12(2)14(18)16-8-5-3-4-6-9-16/h11-13H,3-10H2,1-2H3,(H,19,20). The van der Waals surface area contributed by atoms with E-state index in [1.807, 2.05) is 23.6 Å². The van der Waals surface area contributed by atoms with Gasteiger partial charge in [0.25, 0.3) is 0 Å². The summed E-state index contributed by atoms with van der Waals surface area (Å²) in [5.74, 6) is -0.579. The second-order valence-electron chi connectivity index (χ2n) is 6.20. The molecule has 2 aliphatic heterocycles. The molecule has 0 radical (unpaired) electrons. The molecule has 2 fully saturated rings.